The molecule has 80 valence electrons. The van der Waals surface area contributed by atoms with Crippen LogP contribution in [0.2, 0.25) is 5.02 Å². The second kappa shape index (κ2) is 4.67. The summed E-state index contributed by atoms with van der Waals surface area (Å²) in [6.07, 6.45) is 4.21. The van der Waals surface area contributed by atoms with E-state index in [4.69, 9.17) is 16.3 Å². The molecule has 0 atom stereocenters. The molecule has 1 aliphatic heterocycles. The summed E-state index contributed by atoms with van der Waals surface area (Å²) in [4.78, 5) is 10.2. The van der Waals surface area contributed by atoms with Crippen molar-refractivity contribution < 1.29 is 9.53 Å². The predicted octanol–water partition coefficient (Wildman–Crippen LogP) is 2.80. The number of fused-ring (bicyclic) bond motifs is 1. The van der Waals surface area contributed by atoms with E-state index in [9.17, 15) is 4.79 Å². The Hall–Kier alpha value is -1.02. The Morgan fingerprint density at radius 3 is 3.13 bits per heavy atom. The summed E-state index contributed by atoms with van der Waals surface area (Å²) in [5, 5.41) is 0.764. The van der Waals surface area contributed by atoms with Gasteiger partial charge < -0.3 is 9.53 Å². The van der Waals surface area contributed by atoms with Crippen LogP contribution in [0, 0.1) is 0 Å². The highest BCUT2D eigenvalue weighted by Crippen LogP contribution is 2.33. The van der Waals surface area contributed by atoms with Gasteiger partial charge >= 0.3 is 0 Å². The van der Waals surface area contributed by atoms with Crippen LogP contribution in [-0.4, -0.2) is 12.9 Å². The molecular weight excluding hydrogens is 212 g/mol. The maximum absolute atomic E-state index is 10.2. The molecule has 0 N–H and O–H groups in total. The third-order valence-electron chi connectivity index (χ3n) is 2.59. The van der Waals surface area contributed by atoms with Crippen molar-refractivity contribution in [3.05, 3.63) is 28.3 Å². The first-order valence-electron chi connectivity index (χ1n) is 5.19. The van der Waals surface area contributed by atoms with Crippen LogP contribution in [-0.2, 0) is 17.6 Å². The minimum absolute atomic E-state index is 0.598. The van der Waals surface area contributed by atoms with Crippen LogP contribution in [0.25, 0.3) is 0 Å². The van der Waals surface area contributed by atoms with E-state index in [0.717, 1.165) is 48.5 Å². The summed E-state index contributed by atoms with van der Waals surface area (Å²) in [5.74, 6) is 0.991. The molecule has 0 unspecified atom stereocenters. The number of unbranched alkanes of at least 4 members (excludes halogenated alkanes) is 1. The second-order valence-corrected chi connectivity index (χ2v) is 4.15. The third-order valence-corrected chi connectivity index (χ3v) is 2.81. The van der Waals surface area contributed by atoms with Gasteiger partial charge in [-0.3, -0.25) is 0 Å². The number of carbonyl (C=O) groups excluding carboxylic acids is 1. The SMILES string of the molecule is O=CCCCc1cc(Cl)cc2c1OCC2. The van der Waals surface area contributed by atoms with Crippen LogP contribution in [0.15, 0.2) is 12.1 Å². The Kier molecular flexibility index (Phi) is 3.27. The average Bonchev–Trinajstić information content (AvgIpc) is 2.65. The molecule has 15 heavy (non-hydrogen) atoms. The average molecular weight is 225 g/mol. The second-order valence-electron chi connectivity index (χ2n) is 3.71. The van der Waals surface area contributed by atoms with E-state index in [1.165, 1.54) is 5.56 Å². The maximum Gasteiger partial charge on any atom is 0.125 e. The smallest absolute Gasteiger partial charge is 0.125 e. The number of aldehydes is 1. The Bertz CT molecular complexity index is 374. The number of hydrogen-bond acceptors (Lipinski definition) is 2. The molecule has 1 aliphatic rings. The van der Waals surface area contributed by atoms with Crippen molar-refractivity contribution in [1.82, 2.24) is 0 Å². The lowest BCUT2D eigenvalue weighted by Crippen LogP contribution is -1.93. The van der Waals surface area contributed by atoms with Crippen molar-refractivity contribution in [3.63, 3.8) is 0 Å². The van der Waals surface area contributed by atoms with Crippen LogP contribution in [0.5, 0.6) is 5.75 Å². The predicted molar refractivity (Wildman–Crippen MR) is 59.7 cm³/mol. The summed E-state index contributed by atoms with van der Waals surface area (Å²) >= 11 is 6.02. The van der Waals surface area contributed by atoms with Gasteiger partial charge in [0.2, 0.25) is 0 Å². The summed E-state index contributed by atoms with van der Waals surface area (Å²) in [5.41, 5.74) is 2.33. The standard InChI is InChI=1S/C12H13ClO2/c13-11-7-9(3-1-2-5-14)12-10(8-11)4-6-15-12/h5,7-8H,1-4,6H2. The van der Waals surface area contributed by atoms with Gasteiger partial charge in [0.25, 0.3) is 0 Å². The van der Waals surface area contributed by atoms with Gasteiger partial charge in [0.15, 0.2) is 0 Å². The summed E-state index contributed by atoms with van der Waals surface area (Å²) < 4.78 is 5.57. The molecule has 0 amide bonds. The number of rotatable bonds is 4. The number of aryl methyl sites for hydroxylation is 1. The van der Waals surface area contributed by atoms with Crippen molar-refractivity contribution >= 4 is 17.9 Å². The van der Waals surface area contributed by atoms with Gasteiger partial charge in [0.05, 0.1) is 6.61 Å². The first-order valence-corrected chi connectivity index (χ1v) is 5.57. The van der Waals surface area contributed by atoms with E-state index in [-0.39, 0.29) is 0 Å². The van der Waals surface area contributed by atoms with Gasteiger partial charge in [-0.1, -0.05) is 11.6 Å². The van der Waals surface area contributed by atoms with E-state index in [1.54, 1.807) is 0 Å². The molecule has 0 aliphatic carbocycles. The van der Waals surface area contributed by atoms with Crippen LogP contribution >= 0.6 is 11.6 Å². The number of hydrogen-bond donors (Lipinski definition) is 0. The van der Waals surface area contributed by atoms with Crippen molar-refractivity contribution in [3.8, 4) is 5.75 Å². The van der Waals surface area contributed by atoms with E-state index in [0.29, 0.717) is 6.42 Å². The fourth-order valence-electron chi connectivity index (χ4n) is 1.91. The molecule has 1 aromatic carbocycles. The summed E-state index contributed by atoms with van der Waals surface area (Å²) in [6, 6.07) is 3.91. The number of carbonyl (C=O) groups is 1. The summed E-state index contributed by atoms with van der Waals surface area (Å²) in [7, 11) is 0. The molecule has 2 nitrogen and oxygen atoms in total. The monoisotopic (exact) mass is 224 g/mol. The van der Waals surface area contributed by atoms with E-state index in [2.05, 4.69) is 0 Å². The molecule has 3 heteroatoms. The lowest BCUT2D eigenvalue weighted by atomic mass is 10.0. The highest BCUT2D eigenvalue weighted by molar-refractivity contribution is 6.30. The first-order chi connectivity index (χ1) is 7.31. The van der Waals surface area contributed by atoms with Crippen LogP contribution in [0.4, 0.5) is 0 Å². The number of benzene rings is 1. The van der Waals surface area contributed by atoms with E-state index >= 15 is 0 Å². The molecule has 1 heterocycles. The van der Waals surface area contributed by atoms with Gasteiger partial charge in [-0.15, -0.1) is 0 Å². The summed E-state index contributed by atoms with van der Waals surface area (Å²) in [6.45, 7) is 0.746. The topological polar surface area (TPSA) is 26.3 Å². The Morgan fingerprint density at radius 2 is 2.33 bits per heavy atom. The van der Waals surface area contributed by atoms with Gasteiger partial charge in [0.1, 0.15) is 12.0 Å². The van der Waals surface area contributed by atoms with Crippen LogP contribution < -0.4 is 4.74 Å². The molecule has 0 aromatic heterocycles. The fourth-order valence-corrected chi connectivity index (χ4v) is 2.17. The zero-order valence-corrected chi connectivity index (χ0v) is 9.22. The molecule has 0 spiro atoms. The van der Waals surface area contributed by atoms with Crippen molar-refractivity contribution in [2.45, 2.75) is 25.7 Å². The molecule has 1 aromatic rings. The Morgan fingerprint density at radius 1 is 1.47 bits per heavy atom. The van der Waals surface area contributed by atoms with E-state index in [1.807, 2.05) is 12.1 Å². The lowest BCUT2D eigenvalue weighted by molar-refractivity contribution is -0.107. The molecule has 0 saturated carbocycles. The normalized spacial score (nSPS) is 13.4. The van der Waals surface area contributed by atoms with Crippen LogP contribution in [0.3, 0.4) is 0 Å². The fraction of sp³-hybridized carbons (Fsp3) is 0.417. The number of halogens is 1. The maximum atomic E-state index is 10.2. The quantitative estimate of drug-likeness (QED) is 0.581. The molecule has 0 bridgehead atoms. The highest BCUT2D eigenvalue weighted by atomic mass is 35.5. The molecular formula is C12H13ClO2. The van der Waals surface area contributed by atoms with E-state index < -0.39 is 0 Å². The van der Waals surface area contributed by atoms with Gasteiger partial charge in [-0.2, -0.15) is 0 Å². The van der Waals surface area contributed by atoms with Crippen molar-refractivity contribution in [1.29, 1.82) is 0 Å². The third kappa shape index (κ3) is 2.32. The van der Waals surface area contributed by atoms with Crippen LogP contribution in [0.1, 0.15) is 24.0 Å². The zero-order chi connectivity index (χ0) is 10.7. The molecule has 0 fully saturated rings. The van der Waals surface area contributed by atoms with Gasteiger partial charge in [0, 0.05) is 17.9 Å². The zero-order valence-electron chi connectivity index (χ0n) is 8.46. The van der Waals surface area contributed by atoms with Gasteiger partial charge in [-0.25, -0.2) is 0 Å². The molecule has 0 saturated heterocycles. The Labute approximate surface area is 94.2 Å². The molecule has 0 radical (unpaired) electrons. The lowest BCUT2D eigenvalue weighted by Gasteiger charge is -2.07. The largest absolute Gasteiger partial charge is 0.493 e. The first kappa shape index (κ1) is 10.5. The Balaban J connectivity index is 2.18. The van der Waals surface area contributed by atoms with Crippen molar-refractivity contribution in [2.24, 2.45) is 0 Å². The number of ether oxygens (including phenoxy) is 1. The minimum Gasteiger partial charge on any atom is -0.493 e. The highest BCUT2D eigenvalue weighted by Gasteiger charge is 2.16. The van der Waals surface area contributed by atoms with Crippen molar-refractivity contribution in [2.75, 3.05) is 6.61 Å². The van der Waals surface area contributed by atoms with Gasteiger partial charge in [-0.05, 0) is 36.1 Å². The minimum atomic E-state index is 0.598. The molecule has 2 rings (SSSR count).